The van der Waals surface area contributed by atoms with E-state index < -0.39 is 158 Å². The molecule has 0 aliphatic carbocycles. The molecule has 7 rings (SSSR count). The van der Waals surface area contributed by atoms with E-state index >= 15 is 17.6 Å². The van der Waals surface area contributed by atoms with E-state index in [2.05, 4.69) is 0 Å². The highest BCUT2D eigenvalue weighted by atomic mass is 19.4. The van der Waals surface area contributed by atoms with Crippen LogP contribution in [0.3, 0.4) is 0 Å². The molecule has 4 amide bonds. The lowest BCUT2D eigenvalue weighted by atomic mass is 9.79. The zero-order valence-electron chi connectivity index (χ0n) is 27.7. The molecule has 5 aromatic carbocycles. The van der Waals surface area contributed by atoms with E-state index in [1.54, 1.807) is 0 Å². The molecule has 2 aliphatic heterocycles. The smallest absolute Gasteiger partial charge is 0.268 e. The average molecular weight is 876 g/mol. The van der Waals surface area contributed by atoms with Gasteiger partial charge in [-0.15, -0.1) is 0 Å². The predicted octanol–water partition coefficient (Wildman–Crippen LogP) is 9.52. The first-order chi connectivity index (χ1) is 27.2. The molecule has 5 aromatic rings. The third-order valence-corrected chi connectivity index (χ3v) is 9.90. The third kappa shape index (κ3) is 4.55. The first kappa shape index (κ1) is 41.6. The van der Waals surface area contributed by atoms with Crippen molar-refractivity contribution in [1.82, 2.24) is 9.80 Å². The molecule has 26 heteroatoms. The molecule has 0 aromatic heterocycles. The number of alkyl halides is 18. The van der Waals surface area contributed by atoms with E-state index in [0.717, 1.165) is 0 Å². The highest BCUT2D eigenvalue weighted by Gasteiger charge is 2.86. The van der Waals surface area contributed by atoms with E-state index in [1.165, 1.54) is 12.1 Å². The quantitative estimate of drug-likeness (QED) is 0.0551. The summed E-state index contributed by atoms with van der Waals surface area (Å²) in [6, 6.07) is -8.59. The average Bonchev–Trinajstić information content (AvgIpc) is 3.13. The monoisotopic (exact) mass is 876 g/mol. The van der Waals surface area contributed by atoms with E-state index in [-0.39, 0.29) is 12.1 Å². The standard InChI is InChI=1S/C34H6F18N4O4/c35-27(36,31(43,44)45)29(39,40)33(49,50)55-23(57)13-3-1-11-17-9(7-53)5-16-20-14(24(58)56(26(16)60)34(51,52)30(41,42)28(37,38)32(46,47)48)4-2-12(22(17)20)18-10(8-54)6-15(25(55)59)19(13)21(11)18/h1-6H. The fraction of sp³-hybridized carbons (Fsp3) is 0.235. The minimum atomic E-state index is -7.59. The molecule has 0 N–H and O–H groups in total. The Bertz CT molecular complexity index is 2740. The molecular weight excluding hydrogens is 870 g/mol. The van der Waals surface area contributed by atoms with Gasteiger partial charge in [0, 0.05) is 43.4 Å². The number of carbonyl (C=O) groups is 4. The summed E-state index contributed by atoms with van der Waals surface area (Å²) in [5, 5.41) is 14.9. The van der Waals surface area contributed by atoms with Crippen LogP contribution in [0.2, 0.25) is 0 Å². The van der Waals surface area contributed by atoms with Crippen molar-refractivity contribution < 1.29 is 98.2 Å². The summed E-state index contributed by atoms with van der Waals surface area (Å²) in [5.41, 5.74) is -7.27. The van der Waals surface area contributed by atoms with Crippen molar-refractivity contribution in [2.45, 2.75) is 48.1 Å². The van der Waals surface area contributed by atoms with Gasteiger partial charge in [0.05, 0.1) is 34.4 Å². The largest absolute Gasteiger partial charge is 0.460 e. The number of nitriles is 2. The van der Waals surface area contributed by atoms with Gasteiger partial charge in [-0.1, -0.05) is 12.1 Å². The second kappa shape index (κ2) is 11.6. The van der Waals surface area contributed by atoms with Gasteiger partial charge in [-0.25, -0.2) is 9.80 Å². The van der Waals surface area contributed by atoms with E-state index in [1.807, 2.05) is 0 Å². The number of benzene rings is 5. The molecule has 0 saturated carbocycles. The number of rotatable bonds is 6. The van der Waals surface area contributed by atoms with Crippen molar-refractivity contribution in [1.29, 1.82) is 10.5 Å². The minimum Gasteiger partial charge on any atom is -0.268 e. The minimum absolute atomic E-state index is 0.260. The van der Waals surface area contributed by atoms with Gasteiger partial charge in [-0.05, 0) is 35.0 Å². The maximum absolute atomic E-state index is 15.2. The Kier molecular flexibility index (Phi) is 8.01. The second-order valence-electron chi connectivity index (χ2n) is 13.0. The van der Waals surface area contributed by atoms with Gasteiger partial charge in [0.15, 0.2) is 0 Å². The summed E-state index contributed by atoms with van der Waals surface area (Å²) >= 11 is 0. The number of imide groups is 2. The van der Waals surface area contributed by atoms with Gasteiger partial charge in [0.1, 0.15) is 0 Å². The molecule has 8 nitrogen and oxygen atoms in total. The van der Waals surface area contributed by atoms with Crippen molar-refractivity contribution in [2.75, 3.05) is 0 Å². The van der Waals surface area contributed by atoms with Crippen LogP contribution < -0.4 is 0 Å². The van der Waals surface area contributed by atoms with Gasteiger partial charge in [-0.2, -0.15) is 89.6 Å². The van der Waals surface area contributed by atoms with Crippen LogP contribution in [0.1, 0.15) is 52.6 Å². The zero-order chi connectivity index (χ0) is 45.2. The van der Waals surface area contributed by atoms with Crippen molar-refractivity contribution in [3.8, 4) is 12.1 Å². The lowest BCUT2D eigenvalue weighted by Gasteiger charge is -2.40. The topological polar surface area (TPSA) is 122 Å². The third-order valence-electron chi connectivity index (χ3n) is 9.90. The molecule has 0 bridgehead atoms. The molecule has 2 heterocycles. The fourth-order valence-corrected chi connectivity index (χ4v) is 7.17. The lowest BCUT2D eigenvalue weighted by molar-refractivity contribution is -0.409. The number of carbonyl (C=O) groups excluding carboxylic acids is 4. The molecule has 0 radical (unpaired) electrons. The zero-order valence-corrected chi connectivity index (χ0v) is 27.7. The number of hydrogen-bond acceptors (Lipinski definition) is 6. The Hall–Kier alpha value is -6.60. The van der Waals surface area contributed by atoms with Crippen molar-refractivity contribution in [2.24, 2.45) is 0 Å². The molecule has 0 atom stereocenters. The van der Waals surface area contributed by atoms with Crippen LogP contribution in [0.4, 0.5) is 79.0 Å². The first-order valence-electron chi connectivity index (χ1n) is 15.5. The van der Waals surface area contributed by atoms with Crippen LogP contribution in [0, 0.1) is 22.7 Å². The summed E-state index contributed by atoms with van der Waals surface area (Å²) in [6.07, 6.45) is -14.8. The Labute approximate surface area is 315 Å². The van der Waals surface area contributed by atoms with E-state index in [9.17, 15) is 91.2 Å². The Morgan fingerprint density at radius 1 is 0.383 bits per heavy atom. The predicted molar refractivity (Wildman–Crippen MR) is 160 cm³/mol. The molecule has 0 unspecified atom stereocenters. The van der Waals surface area contributed by atoms with Gasteiger partial charge in [0.25, 0.3) is 23.6 Å². The SMILES string of the molecule is N#Cc1cc2c3c(ccc4c5c(C#N)cc6c7c(ccc(c1c34)c75)C(=O)N(C(F)(F)C(F)(F)C(F)(F)C(F)(F)F)C6=O)C(=O)N(C(F)(F)C(F)(F)C(F)(F)C(F)(F)F)C2=O. The molecular formula is C34H6F18N4O4. The summed E-state index contributed by atoms with van der Waals surface area (Å²) in [6.45, 7) is 0. The van der Waals surface area contributed by atoms with E-state index in [4.69, 9.17) is 0 Å². The van der Waals surface area contributed by atoms with Gasteiger partial charge in [0.2, 0.25) is 0 Å². The molecule has 312 valence electrons. The van der Waals surface area contributed by atoms with Crippen LogP contribution in [-0.2, 0) is 0 Å². The second-order valence-corrected chi connectivity index (χ2v) is 13.0. The maximum atomic E-state index is 15.2. The first-order valence-corrected chi connectivity index (χ1v) is 15.5. The number of hydrogen-bond donors (Lipinski definition) is 0. The summed E-state index contributed by atoms with van der Waals surface area (Å²) in [4.78, 5) is 49.9. The molecule has 0 fully saturated rings. The van der Waals surface area contributed by atoms with Crippen molar-refractivity contribution in [3.63, 3.8) is 0 Å². The van der Waals surface area contributed by atoms with Crippen LogP contribution in [0.15, 0.2) is 36.4 Å². The highest BCUT2D eigenvalue weighted by Crippen LogP contribution is 2.58. The van der Waals surface area contributed by atoms with Crippen LogP contribution >= 0.6 is 0 Å². The van der Waals surface area contributed by atoms with Crippen LogP contribution in [-0.4, -0.2) is 81.6 Å². The van der Waals surface area contributed by atoms with Crippen molar-refractivity contribution in [3.05, 3.63) is 69.8 Å². The number of amides is 4. The number of halogens is 18. The summed E-state index contributed by atoms with van der Waals surface area (Å²) in [7, 11) is 0. The lowest BCUT2D eigenvalue weighted by Crippen LogP contribution is -2.68. The van der Waals surface area contributed by atoms with Crippen LogP contribution in [0.25, 0.3) is 43.1 Å². The fourth-order valence-electron chi connectivity index (χ4n) is 7.17. The highest BCUT2D eigenvalue weighted by molar-refractivity contribution is 6.42. The number of nitrogens with zero attached hydrogens (tertiary/aromatic N) is 4. The van der Waals surface area contributed by atoms with Crippen molar-refractivity contribution >= 4 is 66.7 Å². The Morgan fingerprint density at radius 2 is 0.667 bits per heavy atom. The Balaban J connectivity index is 1.53. The van der Waals surface area contributed by atoms with E-state index in [0.29, 0.717) is 24.3 Å². The summed E-state index contributed by atoms with van der Waals surface area (Å²) < 4.78 is 252. The number of fused-ring (bicyclic) bond motifs is 2. The maximum Gasteiger partial charge on any atom is 0.460 e. The van der Waals surface area contributed by atoms with Crippen LogP contribution in [0.5, 0.6) is 0 Å². The molecule has 0 saturated heterocycles. The van der Waals surface area contributed by atoms with Gasteiger partial charge in [-0.3, -0.25) is 19.2 Å². The summed E-state index contributed by atoms with van der Waals surface area (Å²) in [5.74, 6) is -40.8. The van der Waals surface area contributed by atoms with Gasteiger partial charge < -0.3 is 0 Å². The molecule has 2 aliphatic rings. The Morgan fingerprint density at radius 3 is 0.933 bits per heavy atom. The van der Waals surface area contributed by atoms with Gasteiger partial charge >= 0.3 is 48.1 Å². The molecule has 0 spiro atoms. The molecule has 60 heavy (non-hydrogen) atoms. The normalized spacial score (nSPS) is 16.2.